The Balaban J connectivity index is 1.68. The molecule has 6 N–H and O–H groups in total. The van der Waals surface area contributed by atoms with Crippen LogP contribution in [0, 0.1) is 0 Å². The summed E-state index contributed by atoms with van der Waals surface area (Å²) in [7, 11) is 0. The summed E-state index contributed by atoms with van der Waals surface area (Å²) in [5.41, 5.74) is 7.70. The summed E-state index contributed by atoms with van der Waals surface area (Å²) < 4.78 is 1.48. The van der Waals surface area contributed by atoms with E-state index in [4.69, 9.17) is 5.73 Å². The number of H-pyrrole nitrogens is 1. The molecule has 0 spiro atoms. The molecule has 0 saturated carbocycles. The number of aromatic nitrogens is 4. The maximum absolute atomic E-state index is 12.5. The minimum absolute atomic E-state index is 0.0786. The lowest BCUT2D eigenvalue weighted by atomic mass is 10.1. The van der Waals surface area contributed by atoms with Gasteiger partial charge in [0, 0.05) is 18.7 Å². The Kier molecular flexibility index (Phi) is 8.60. The molecule has 2 heterocycles. The fourth-order valence-electron chi connectivity index (χ4n) is 3.33. The Morgan fingerprint density at radius 1 is 1.03 bits per heavy atom. The monoisotopic (exact) mass is 468 g/mol. The molecule has 0 aliphatic heterocycles. The van der Waals surface area contributed by atoms with Crippen LogP contribution in [0.4, 0.5) is 11.8 Å². The van der Waals surface area contributed by atoms with Crippen molar-refractivity contribution in [3.63, 3.8) is 0 Å². The standard InChI is InChI=1S/C23H32N8O3/c1-3-5-11-25-17(32)13-27-21(33)16-9-7-15(8-10-16)14-31-20-18(28-23(31)34)19(24)29-22(30-20)26-12-6-4-2/h7-10H,3-6,11-14H2,1-2H3,(H,25,32)(H,27,33)(H,28,34)(H3,24,26,29,30). The number of nitrogens with zero attached hydrogens (tertiary/aromatic N) is 3. The van der Waals surface area contributed by atoms with Gasteiger partial charge in [-0.25, -0.2) is 4.79 Å². The molecule has 11 nitrogen and oxygen atoms in total. The van der Waals surface area contributed by atoms with E-state index in [-0.39, 0.29) is 36.4 Å². The van der Waals surface area contributed by atoms with E-state index in [0.29, 0.717) is 35.8 Å². The highest BCUT2D eigenvalue weighted by Gasteiger charge is 2.15. The molecule has 182 valence electrons. The number of nitrogens with two attached hydrogens (primary N) is 1. The van der Waals surface area contributed by atoms with Crippen molar-refractivity contribution in [2.24, 2.45) is 0 Å². The Morgan fingerprint density at radius 3 is 2.44 bits per heavy atom. The zero-order valence-corrected chi connectivity index (χ0v) is 19.6. The molecule has 0 atom stereocenters. The smallest absolute Gasteiger partial charge is 0.328 e. The van der Waals surface area contributed by atoms with Gasteiger partial charge in [-0.2, -0.15) is 9.97 Å². The van der Waals surface area contributed by atoms with Gasteiger partial charge in [0.05, 0.1) is 13.1 Å². The van der Waals surface area contributed by atoms with Gasteiger partial charge < -0.3 is 26.7 Å². The van der Waals surface area contributed by atoms with Gasteiger partial charge >= 0.3 is 5.69 Å². The second-order valence-corrected chi connectivity index (χ2v) is 8.01. The molecule has 0 unspecified atom stereocenters. The molecule has 34 heavy (non-hydrogen) atoms. The van der Waals surface area contributed by atoms with Gasteiger partial charge in [-0.3, -0.25) is 14.2 Å². The van der Waals surface area contributed by atoms with E-state index in [1.165, 1.54) is 4.57 Å². The van der Waals surface area contributed by atoms with Gasteiger partial charge in [0.25, 0.3) is 5.91 Å². The van der Waals surface area contributed by atoms with E-state index in [2.05, 4.69) is 37.8 Å². The van der Waals surface area contributed by atoms with Crippen LogP contribution in [0.2, 0.25) is 0 Å². The minimum Gasteiger partial charge on any atom is -0.382 e. The maximum atomic E-state index is 12.5. The number of nitrogen functional groups attached to an aromatic ring is 1. The number of imidazole rings is 1. The van der Waals surface area contributed by atoms with E-state index < -0.39 is 0 Å². The van der Waals surface area contributed by atoms with E-state index in [0.717, 1.165) is 31.2 Å². The molecule has 1 aromatic carbocycles. The van der Waals surface area contributed by atoms with Crippen molar-refractivity contribution in [2.45, 2.75) is 46.1 Å². The number of rotatable bonds is 12. The molecule has 0 fully saturated rings. The summed E-state index contributed by atoms with van der Waals surface area (Å²) in [5.74, 6) is 0.00857. The topological polar surface area (TPSA) is 160 Å². The number of amides is 2. The van der Waals surface area contributed by atoms with Crippen LogP contribution >= 0.6 is 0 Å². The molecule has 0 radical (unpaired) electrons. The average molecular weight is 469 g/mol. The molecule has 3 rings (SSSR count). The number of benzene rings is 1. The first kappa shape index (κ1) is 24.7. The number of hydrogen-bond donors (Lipinski definition) is 5. The Labute approximate surface area is 197 Å². The third-order valence-corrected chi connectivity index (χ3v) is 5.28. The Morgan fingerprint density at radius 2 is 1.74 bits per heavy atom. The highest BCUT2D eigenvalue weighted by Crippen LogP contribution is 2.17. The van der Waals surface area contributed by atoms with Crippen LogP contribution in [0.3, 0.4) is 0 Å². The van der Waals surface area contributed by atoms with Gasteiger partial charge in [-0.1, -0.05) is 38.8 Å². The quantitative estimate of drug-likeness (QED) is 0.252. The second-order valence-electron chi connectivity index (χ2n) is 8.01. The third kappa shape index (κ3) is 6.33. The zero-order chi connectivity index (χ0) is 24.5. The summed E-state index contributed by atoms with van der Waals surface area (Å²) in [6.07, 6.45) is 3.88. The predicted octanol–water partition coefficient (Wildman–Crippen LogP) is 1.61. The van der Waals surface area contributed by atoms with Gasteiger partial charge in [-0.05, 0) is 30.5 Å². The largest absolute Gasteiger partial charge is 0.382 e. The fraction of sp³-hybridized carbons (Fsp3) is 0.435. The first-order valence-electron chi connectivity index (χ1n) is 11.6. The molecule has 0 aliphatic carbocycles. The predicted molar refractivity (Wildman–Crippen MR) is 132 cm³/mol. The van der Waals surface area contributed by atoms with Crippen LogP contribution in [-0.4, -0.2) is 51.0 Å². The van der Waals surface area contributed by atoms with Crippen LogP contribution in [0.5, 0.6) is 0 Å². The van der Waals surface area contributed by atoms with Crippen molar-refractivity contribution >= 4 is 34.7 Å². The number of nitrogens with one attached hydrogen (secondary N) is 4. The lowest BCUT2D eigenvalue weighted by molar-refractivity contribution is -0.120. The third-order valence-electron chi connectivity index (χ3n) is 5.28. The molecule has 0 bridgehead atoms. The lowest BCUT2D eigenvalue weighted by Gasteiger charge is -2.09. The molecule has 0 saturated heterocycles. The summed E-state index contributed by atoms with van der Waals surface area (Å²) in [6, 6.07) is 6.82. The average Bonchev–Trinajstić information content (AvgIpc) is 3.14. The Hall–Kier alpha value is -3.89. The maximum Gasteiger partial charge on any atom is 0.328 e. The number of carbonyl (C=O) groups excluding carboxylic acids is 2. The van der Waals surface area contributed by atoms with Gasteiger partial charge in [0.1, 0.15) is 5.52 Å². The summed E-state index contributed by atoms with van der Waals surface area (Å²) in [6.45, 7) is 5.60. The number of fused-ring (bicyclic) bond motifs is 1. The molecule has 0 aliphatic rings. The lowest BCUT2D eigenvalue weighted by Crippen LogP contribution is -2.37. The second kappa shape index (κ2) is 11.8. The number of aromatic amines is 1. The van der Waals surface area contributed by atoms with Crippen LogP contribution in [0.15, 0.2) is 29.1 Å². The molecule has 3 aromatic rings. The van der Waals surface area contributed by atoms with Crippen LogP contribution in [-0.2, 0) is 11.3 Å². The zero-order valence-electron chi connectivity index (χ0n) is 19.6. The van der Waals surface area contributed by atoms with Crippen LogP contribution in [0.25, 0.3) is 11.2 Å². The van der Waals surface area contributed by atoms with Crippen molar-refractivity contribution < 1.29 is 9.59 Å². The number of unbranched alkanes of at least 4 members (excludes halogenated alkanes) is 2. The molecule has 2 aromatic heterocycles. The van der Waals surface area contributed by atoms with Crippen molar-refractivity contribution in [1.29, 1.82) is 0 Å². The first-order valence-corrected chi connectivity index (χ1v) is 11.6. The Bertz CT molecular complexity index is 1180. The van der Waals surface area contributed by atoms with E-state index in [9.17, 15) is 14.4 Å². The van der Waals surface area contributed by atoms with Crippen molar-refractivity contribution in [3.8, 4) is 0 Å². The number of anilines is 2. The highest BCUT2D eigenvalue weighted by atomic mass is 16.2. The van der Waals surface area contributed by atoms with Gasteiger partial charge in [0.2, 0.25) is 11.9 Å². The first-order chi connectivity index (χ1) is 16.4. The van der Waals surface area contributed by atoms with Crippen molar-refractivity contribution in [1.82, 2.24) is 30.2 Å². The minimum atomic E-state index is -0.349. The van der Waals surface area contributed by atoms with Crippen molar-refractivity contribution in [2.75, 3.05) is 30.7 Å². The number of hydrogen-bond acceptors (Lipinski definition) is 7. The SMILES string of the molecule is CCCCNC(=O)CNC(=O)c1ccc(Cn2c(=O)[nH]c3c(N)nc(NCCCC)nc32)cc1. The molecular formula is C23H32N8O3. The normalized spacial score (nSPS) is 10.9. The summed E-state index contributed by atoms with van der Waals surface area (Å²) >= 11 is 0. The van der Waals surface area contributed by atoms with E-state index in [1.54, 1.807) is 24.3 Å². The summed E-state index contributed by atoms with van der Waals surface area (Å²) in [5, 5.41) is 8.49. The molecular weight excluding hydrogens is 436 g/mol. The van der Waals surface area contributed by atoms with Crippen molar-refractivity contribution in [3.05, 3.63) is 45.9 Å². The van der Waals surface area contributed by atoms with E-state index >= 15 is 0 Å². The van der Waals surface area contributed by atoms with Gasteiger partial charge in [-0.15, -0.1) is 0 Å². The number of carbonyl (C=O) groups is 2. The molecule has 2 amide bonds. The molecule has 11 heteroatoms. The summed E-state index contributed by atoms with van der Waals surface area (Å²) in [4.78, 5) is 48.0. The van der Waals surface area contributed by atoms with Crippen LogP contribution in [0.1, 0.15) is 55.5 Å². The highest BCUT2D eigenvalue weighted by molar-refractivity contribution is 5.96. The van der Waals surface area contributed by atoms with Crippen LogP contribution < -0.4 is 27.4 Å². The van der Waals surface area contributed by atoms with E-state index in [1.807, 2.05) is 6.92 Å². The fourth-order valence-corrected chi connectivity index (χ4v) is 3.33. The van der Waals surface area contributed by atoms with Gasteiger partial charge in [0.15, 0.2) is 11.5 Å².